The van der Waals surface area contributed by atoms with Gasteiger partial charge in [-0.2, -0.15) is 0 Å². The fraction of sp³-hybridized carbons (Fsp3) is 0.500. The average Bonchev–Trinajstić information content (AvgIpc) is 2.45. The van der Waals surface area contributed by atoms with Crippen LogP contribution in [-0.2, 0) is 18.4 Å². The van der Waals surface area contributed by atoms with Crippen molar-refractivity contribution in [2.24, 2.45) is 7.05 Å². The number of nitrogens with one attached hydrogen (secondary N) is 2. The maximum atomic E-state index is 11.4. The second-order valence-electron chi connectivity index (χ2n) is 3.70. The molecule has 1 atom stereocenters. The van der Waals surface area contributed by atoms with Crippen LogP contribution < -0.4 is 10.6 Å². The summed E-state index contributed by atoms with van der Waals surface area (Å²) in [7, 11) is 1.97. The summed E-state index contributed by atoms with van der Waals surface area (Å²) >= 11 is 0. The van der Waals surface area contributed by atoms with Gasteiger partial charge in [-0.15, -0.1) is 0 Å². The van der Waals surface area contributed by atoms with Crippen LogP contribution in [0.4, 0.5) is 0 Å². The highest BCUT2D eigenvalue weighted by atomic mass is 16.2. The molecule has 1 fully saturated rings. The van der Waals surface area contributed by atoms with Gasteiger partial charge in [-0.1, -0.05) is 0 Å². The molecule has 0 aromatic carbocycles. The van der Waals surface area contributed by atoms with Crippen LogP contribution in [-0.4, -0.2) is 23.1 Å². The van der Waals surface area contributed by atoms with Crippen LogP contribution in [0.5, 0.6) is 0 Å². The van der Waals surface area contributed by atoms with Crippen molar-refractivity contribution in [3.8, 4) is 0 Å². The highest BCUT2D eigenvalue weighted by molar-refractivity contribution is 5.82. The van der Waals surface area contributed by atoms with Crippen molar-refractivity contribution in [1.29, 1.82) is 0 Å². The van der Waals surface area contributed by atoms with E-state index in [2.05, 4.69) is 10.6 Å². The van der Waals surface area contributed by atoms with Gasteiger partial charge in [0.1, 0.15) is 0 Å². The van der Waals surface area contributed by atoms with Crippen LogP contribution in [0.1, 0.15) is 12.0 Å². The van der Waals surface area contributed by atoms with Gasteiger partial charge in [0.15, 0.2) is 0 Å². The predicted molar refractivity (Wildman–Crippen MR) is 53.7 cm³/mol. The molecule has 0 bridgehead atoms. The van der Waals surface area contributed by atoms with Crippen molar-refractivity contribution in [3.63, 3.8) is 0 Å². The van der Waals surface area contributed by atoms with E-state index >= 15 is 0 Å². The Labute approximate surface area is 83.3 Å². The van der Waals surface area contributed by atoms with E-state index in [1.807, 2.05) is 30.1 Å². The monoisotopic (exact) mass is 193 g/mol. The first-order valence-electron chi connectivity index (χ1n) is 4.87. The third-order valence-electron chi connectivity index (χ3n) is 2.50. The summed E-state index contributed by atoms with van der Waals surface area (Å²) in [6, 6.07) is 2.05. The number of hydrogen-bond acceptors (Lipinski definition) is 2. The van der Waals surface area contributed by atoms with Gasteiger partial charge >= 0.3 is 0 Å². The van der Waals surface area contributed by atoms with E-state index in [0.29, 0.717) is 6.54 Å². The van der Waals surface area contributed by atoms with Gasteiger partial charge in [-0.05, 0) is 24.6 Å². The van der Waals surface area contributed by atoms with Crippen molar-refractivity contribution in [1.82, 2.24) is 15.2 Å². The van der Waals surface area contributed by atoms with Crippen LogP contribution in [0, 0.1) is 0 Å². The molecular weight excluding hydrogens is 178 g/mol. The van der Waals surface area contributed by atoms with Gasteiger partial charge < -0.3 is 15.2 Å². The fourth-order valence-corrected chi connectivity index (χ4v) is 1.49. The maximum absolute atomic E-state index is 11.4. The quantitative estimate of drug-likeness (QED) is 0.710. The molecule has 0 aliphatic carbocycles. The lowest BCUT2D eigenvalue weighted by atomic mass is 10.1. The lowest BCUT2D eigenvalue weighted by Gasteiger charge is -2.26. The lowest BCUT2D eigenvalue weighted by Crippen LogP contribution is -2.52. The Hall–Kier alpha value is -1.29. The SMILES string of the molecule is Cn1ccc(CNC(=O)[C@H]2CCN2)c1. The van der Waals surface area contributed by atoms with Crippen LogP contribution in [0.25, 0.3) is 0 Å². The molecular formula is C10H15N3O. The Morgan fingerprint density at radius 1 is 1.79 bits per heavy atom. The van der Waals surface area contributed by atoms with Crippen molar-refractivity contribution in [3.05, 3.63) is 24.0 Å². The number of aryl methyl sites for hydroxylation is 1. The molecule has 2 N–H and O–H groups in total. The second-order valence-corrected chi connectivity index (χ2v) is 3.70. The Morgan fingerprint density at radius 2 is 2.57 bits per heavy atom. The summed E-state index contributed by atoms with van der Waals surface area (Å²) in [5, 5.41) is 5.97. The highest BCUT2D eigenvalue weighted by Gasteiger charge is 2.23. The standard InChI is InChI=1S/C10H15N3O/c1-13-5-3-8(7-13)6-12-10(14)9-2-4-11-9/h3,5,7,9,11H,2,4,6H2,1H3,(H,12,14)/t9-/m1/s1. The number of rotatable bonds is 3. The Morgan fingerprint density at radius 3 is 3.07 bits per heavy atom. The summed E-state index contributed by atoms with van der Waals surface area (Å²) in [5.74, 6) is 0.111. The maximum Gasteiger partial charge on any atom is 0.237 e. The van der Waals surface area contributed by atoms with E-state index in [4.69, 9.17) is 0 Å². The molecule has 0 spiro atoms. The van der Waals surface area contributed by atoms with E-state index in [0.717, 1.165) is 18.5 Å². The van der Waals surface area contributed by atoms with Crippen molar-refractivity contribution in [2.45, 2.75) is 19.0 Å². The highest BCUT2D eigenvalue weighted by Crippen LogP contribution is 2.03. The molecule has 1 aliphatic rings. The minimum atomic E-state index is 0.0405. The molecule has 14 heavy (non-hydrogen) atoms. The van der Waals surface area contributed by atoms with E-state index in [1.165, 1.54) is 0 Å². The van der Waals surface area contributed by atoms with Gasteiger partial charge in [-0.25, -0.2) is 0 Å². The molecule has 1 saturated heterocycles. The third kappa shape index (κ3) is 1.96. The molecule has 2 rings (SSSR count). The van der Waals surface area contributed by atoms with Crippen molar-refractivity contribution in [2.75, 3.05) is 6.54 Å². The fourth-order valence-electron chi connectivity index (χ4n) is 1.49. The summed E-state index contributed by atoms with van der Waals surface area (Å²) < 4.78 is 1.98. The molecule has 0 radical (unpaired) electrons. The zero-order valence-electron chi connectivity index (χ0n) is 8.29. The van der Waals surface area contributed by atoms with Gasteiger partial charge in [0.05, 0.1) is 6.04 Å². The largest absolute Gasteiger partial charge is 0.357 e. The summed E-state index contributed by atoms with van der Waals surface area (Å²) in [5.41, 5.74) is 1.14. The first kappa shape index (κ1) is 9.27. The minimum absolute atomic E-state index is 0.0405. The van der Waals surface area contributed by atoms with E-state index in [1.54, 1.807) is 0 Å². The lowest BCUT2D eigenvalue weighted by molar-refractivity contribution is -0.124. The molecule has 4 heteroatoms. The predicted octanol–water partition coefficient (Wildman–Crippen LogP) is 0.00320. The first-order valence-corrected chi connectivity index (χ1v) is 4.87. The third-order valence-corrected chi connectivity index (χ3v) is 2.50. The smallest absolute Gasteiger partial charge is 0.237 e. The van der Waals surface area contributed by atoms with E-state index in [9.17, 15) is 4.79 Å². The number of nitrogens with zero attached hydrogens (tertiary/aromatic N) is 1. The summed E-state index contributed by atoms with van der Waals surface area (Å²) in [6.45, 7) is 1.58. The second kappa shape index (κ2) is 3.84. The summed E-state index contributed by atoms with van der Waals surface area (Å²) in [4.78, 5) is 11.4. The summed E-state index contributed by atoms with van der Waals surface area (Å²) in [6.07, 6.45) is 4.94. The number of carbonyl (C=O) groups excluding carboxylic acids is 1. The zero-order chi connectivity index (χ0) is 9.97. The van der Waals surface area contributed by atoms with Gasteiger partial charge in [0.2, 0.25) is 5.91 Å². The Kier molecular flexibility index (Phi) is 2.54. The normalized spacial score (nSPS) is 20.2. The molecule has 2 heterocycles. The molecule has 1 aromatic heterocycles. The zero-order valence-corrected chi connectivity index (χ0v) is 8.29. The Balaban J connectivity index is 1.79. The topological polar surface area (TPSA) is 46.1 Å². The van der Waals surface area contributed by atoms with Crippen LogP contribution >= 0.6 is 0 Å². The molecule has 4 nitrogen and oxygen atoms in total. The molecule has 0 unspecified atom stereocenters. The molecule has 76 valence electrons. The molecule has 1 aliphatic heterocycles. The van der Waals surface area contributed by atoms with Crippen molar-refractivity contribution >= 4 is 5.91 Å². The molecule has 1 aromatic rings. The number of carbonyl (C=O) groups is 1. The van der Waals surface area contributed by atoms with Crippen molar-refractivity contribution < 1.29 is 4.79 Å². The van der Waals surface area contributed by atoms with Crippen LogP contribution in [0.3, 0.4) is 0 Å². The molecule has 0 saturated carbocycles. The van der Waals surface area contributed by atoms with E-state index < -0.39 is 0 Å². The minimum Gasteiger partial charge on any atom is -0.357 e. The van der Waals surface area contributed by atoms with Crippen LogP contribution in [0.2, 0.25) is 0 Å². The number of amides is 1. The van der Waals surface area contributed by atoms with Gasteiger partial charge in [-0.3, -0.25) is 4.79 Å². The first-order chi connectivity index (χ1) is 6.75. The van der Waals surface area contributed by atoms with Gasteiger partial charge in [0, 0.05) is 26.0 Å². The van der Waals surface area contributed by atoms with Crippen LogP contribution in [0.15, 0.2) is 18.5 Å². The number of aromatic nitrogens is 1. The van der Waals surface area contributed by atoms with E-state index in [-0.39, 0.29) is 11.9 Å². The number of hydrogen-bond donors (Lipinski definition) is 2. The molecule has 1 amide bonds. The average molecular weight is 193 g/mol. The van der Waals surface area contributed by atoms with Gasteiger partial charge in [0.25, 0.3) is 0 Å². The Bertz CT molecular complexity index is 328.